The van der Waals surface area contributed by atoms with Crippen LogP contribution in [0.3, 0.4) is 0 Å². The lowest BCUT2D eigenvalue weighted by molar-refractivity contribution is -0.142. The second-order valence-corrected chi connectivity index (χ2v) is 10.4. The third kappa shape index (κ3) is 8.43. The highest BCUT2D eigenvalue weighted by Gasteiger charge is 2.16. The monoisotopic (exact) mass is 558 g/mol. The van der Waals surface area contributed by atoms with Crippen LogP contribution in [0, 0.1) is 0 Å². The molecule has 2 amide bonds. The molecule has 4 aromatic rings. The summed E-state index contributed by atoms with van der Waals surface area (Å²) in [5, 5.41) is 3.67. The molecule has 0 unspecified atom stereocenters. The molecule has 0 aliphatic heterocycles. The molecule has 214 valence electrons. The Bertz CT molecular complexity index is 1520. The maximum atomic E-state index is 12.6. The molecule has 3 aromatic carbocycles. The minimum Gasteiger partial charge on any atom is -0.466 e. The van der Waals surface area contributed by atoms with Crippen LogP contribution in [0.1, 0.15) is 54.7 Å². The van der Waals surface area contributed by atoms with Gasteiger partial charge in [-0.1, -0.05) is 30.3 Å². The standard InChI is InChI=1S/C32H34N2O7/c1-5-38-28(35)18-21-9-11-24(12-10-21)30(36)34-40-20-23-16-26-13-14-39-29(26)27(17-23)25-8-6-7-22(15-25)19-33-31(37)41-32(2,3)4/h6-17H,5,18-20H2,1-4H3,(H,33,37)(H,34,36). The van der Waals surface area contributed by atoms with E-state index in [0.717, 1.165) is 38.8 Å². The Labute approximate surface area is 238 Å². The summed E-state index contributed by atoms with van der Waals surface area (Å²) in [6, 6.07) is 20.2. The van der Waals surface area contributed by atoms with E-state index in [1.807, 2.05) is 63.2 Å². The number of alkyl carbamates (subject to hydrolysis) is 1. The van der Waals surface area contributed by atoms with Crippen molar-refractivity contribution in [3.8, 4) is 11.1 Å². The molecule has 9 heteroatoms. The summed E-state index contributed by atoms with van der Waals surface area (Å²) in [7, 11) is 0. The lowest BCUT2D eigenvalue weighted by atomic mass is 9.99. The number of nitrogens with one attached hydrogen (secondary N) is 2. The zero-order chi connectivity index (χ0) is 29.4. The number of furan rings is 1. The number of benzene rings is 3. The fourth-order valence-electron chi connectivity index (χ4n) is 4.18. The van der Waals surface area contributed by atoms with Crippen molar-refractivity contribution in [3.05, 3.63) is 95.2 Å². The normalized spacial score (nSPS) is 11.2. The second-order valence-electron chi connectivity index (χ2n) is 10.4. The molecular formula is C32H34N2O7. The van der Waals surface area contributed by atoms with Crippen LogP contribution in [0.5, 0.6) is 0 Å². The minimum absolute atomic E-state index is 0.126. The Hall–Kier alpha value is -4.63. The first-order valence-electron chi connectivity index (χ1n) is 13.3. The van der Waals surface area contributed by atoms with Crippen molar-refractivity contribution in [2.24, 2.45) is 0 Å². The molecule has 0 aliphatic rings. The van der Waals surface area contributed by atoms with Gasteiger partial charge in [0.25, 0.3) is 5.91 Å². The van der Waals surface area contributed by atoms with Crippen molar-refractivity contribution in [3.63, 3.8) is 0 Å². The smallest absolute Gasteiger partial charge is 0.407 e. The first-order valence-corrected chi connectivity index (χ1v) is 13.3. The van der Waals surface area contributed by atoms with Gasteiger partial charge in [0.1, 0.15) is 11.2 Å². The molecule has 1 aromatic heterocycles. The molecule has 0 bridgehead atoms. The van der Waals surface area contributed by atoms with E-state index in [0.29, 0.717) is 18.7 Å². The molecular weight excluding hydrogens is 524 g/mol. The summed E-state index contributed by atoms with van der Waals surface area (Å²) >= 11 is 0. The van der Waals surface area contributed by atoms with Crippen LogP contribution in [-0.2, 0) is 38.7 Å². The summed E-state index contributed by atoms with van der Waals surface area (Å²) < 4.78 is 16.0. The third-order valence-corrected chi connectivity index (χ3v) is 5.96. The van der Waals surface area contributed by atoms with Crippen LogP contribution < -0.4 is 10.8 Å². The molecule has 0 radical (unpaired) electrons. The van der Waals surface area contributed by atoms with E-state index in [1.165, 1.54) is 0 Å². The molecule has 2 N–H and O–H groups in total. The predicted molar refractivity (Wildman–Crippen MR) is 154 cm³/mol. The van der Waals surface area contributed by atoms with Crippen molar-refractivity contribution < 1.29 is 33.1 Å². The van der Waals surface area contributed by atoms with E-state index in [2.05, 4.69) is 10.8 Å². The molecule has 0 saturated heterocycles. The molecule has 9 nitrogen and oxygen atoms in total. The Morgan fingerprint density at radius 3 is 2.41 bits per heavy atom. The van der Waals surface area contributed by atoms with Crippen LogP contribution in [-0.4, -0.2) is 30.2 Å². The molecule has 0 atom stereocenters. The van der Waals surface area contributed by atoms with Gasteiger partial charge in [-0.25, -0.2) is 10.3 Å². The predicted octanol–water partition coefficient (Wildman–Crippen LogP) is 6.09. The van der Waals surface area contributed by atoms with Crippen LogP contribution >= 0.6 is 0 Å². The highest BCUT2D eigenvalue weighted by atomic mass is 16.6. The van der Waals surface area contributed by atoms with E-state index < -0.39 is 17.6 Å². The topological polar surface area (TPSA) is 116 Å². The molecule has 0 saturated carbocycles. The summed E-state index contributed by atoms with van der Waals surface area (Å²) in [4.78, 5) is 41.8. The minimum atomic E-state index is -0.575. The number of rotatable bonds is 10. The second kappa shape index (κ2) is 13.1. The van der Waals surface area contributed by atoms with Crippen LogP contribution in [0.2, 0.25) is 0 Å². The molecule has 4 rings (SSSR count). The van der Waals surface area contributed by atoms with Gasteiger partial charge in [0, 0.05) is 23.1 Å². The number of amides is 2. The highest BCUT2D eigenvalue weighted by molar-refractivity contribution is 5.94. The molecule has 1 heterocycles. The summed E-state index contributed by atoms with van der Waals surface area (Å²) in [6.07, 6.45) is 1.29. The van der Waals surface area contributed by atoms with Gasteiger partial charge < -0.3 is 19.2 Å². The Balaban J connectivity index is 1.40. The number of ether oxygens (including phenoxy) is 2. The fraction of sp³-hybridized carbons (Fsp3) is 0.281. The summed E-state index contributed by atoms with van der Waals surface area (Å²) in [5.74, 6) is -0.714. The van der Waals surface area contributed by atoms with E-state index in [1.54, 1.807) is 37.5 Å². The van der Waals surface area contributed by atoms with Gasteiger partial charge in [0.2, 0.25) is 0 Å². The summed E-state index contributed by atoms with van der Waals surface area (Å²) in [5.41, 5.74) is 7.27. The van der Waals surface area contributed by atoms with Gasteiger partial charge in [0.05, 0.1) is 25.9 Å². The van der Waals surface area contributed by atoms with Crippen molar-refractivity contribution in [1.29, 1.82) is 0 Å². The van der Waals surface area contributed by atoms with Gasteiger partial charge >= 0.3 is 12.1 Å². The number of carbonyl (C=O) groups excluding carboxylic acids is 3. The number of carbonyl (C=O) groups is 3. The van der Waals surface area contributed by atoms with Gasteiger partial charge in [-0.2, -0.15) is 0 Å². The van der Waals surface area contributed by atoms with E-state index in [4.69, 9.17) is 18.7 Å². The largest absolute Gasteiger partial charge is 0.466 e. The zero-order valence-electron chi connectivity index (χ0n) is 23.6. The molecule has 0 aliphatic carbocycles. The van der Waals surface area contributed by atoms with Crippen LogP contribution in [0.15, 0.2) is 77.4 Å². The average molecular weight is 559 g/mol. The molecule has 0 spiro atoms. The van der Waals surface area contributed by atoms with Crippen LogP contribution in [0.4, 0.5) is 4.79 Å². The van der Waals surface area contributed by atoms with Gasteiger partial charge in [-0.3, -0.25) is 14.4 Å². The van der Waals surface area contributed by atoms with Gasteiger partial charge in [-0.15, -0.1) is 0 Å². The maximum Gasteiger partial charge on any atom is 0.407 e. The van der Waals surface area contributed by atoms with Crippen molar-refractivity contribution in [2.45, 2.75) is 52.9 Å². The zero-order valence-corrected chi connectivity index (χ0v) is 23.6. The lowest BCUT2D eigenvalue weighted by Gasteiger charge is -2.19. The number of esters is 1. The van der Waals surface area contributed by atoms with Gasteiger partial charge in [-0.05, 0) is 86.3 Å². The Kier molecular flexibility index (Phi) is 9.41. The molecule has 41 heavy (non-hydrogen) atoms. The molecule has 0 fully saturated rings. The highest BCUT2D eigenvalue weighted by Crippen LogP contribution is 2.32. The number of hydrogen-bond donors (Lipinski definition) is 2. The number of hydroxylamine groups is 1. The first kappa shape index (κ1) is 29.4. The third-order valence-electron chi connectivity index (χ3n) is 5.96. The summed E-state index contributed by atoms with van der Waals surface area (Å²) in [6.45, 7) is 7.96. The van der Waals surface area contributed by atoms with Crippen molar-refractivity contribution >= 4 is 28.9 Å². The lowest BCUT2D eigenvalue weighted by Crippen LogP contribution is -2.32. The van der Waals surface area contributed by atoms with E-state index in [-0.39, 0.29) is 19.0 Å². The van der Waals surface area contributed by atoms with Crippen molar-refractivity contribution in [2.75, 3.05) is 6.61 Å². The first-order chi connectivity index (χ1) is 19.6. The SMILES string of the molecule is CCOC(=O)Cc1ccc(C(=O)NOCc2cc(-c3cccc(CNC(=O)OC(C)(C)C)c3)c3occc3c2)cc1. The van der Waals surface area contributed by atoms with Crippen LogP contribution in [0.25, 0.3) is 22.1 Å². The van der Waals surface area contributed by atoms with E-state index >= 15 is 0 Å². The number of fused-ring (bicyclic) bond motifs is 1. The van der Waals surface area contributed by atoms with E-state index in [9.17, 15) is 14.4 Å². The maximum absolute atomic E-state index is 12.6. The Morgan fingerprint density at radius 2 is 1.68 bits per heavy atom. The quantitative estimate of drug-likeness (QED) is 0.179. The van der Waals surface area contributed by atoms with Crippen molar-refractivity contribution in [1.82, 2.24) is 10.8 Å². The number of hydrogen-bond acceptors (Lipinski definition) is 7. The fourth-order valence-corrected chi connectivity index (χ4v) is 4.18. The average Bonchev–Trinajstić information content (AvgIpc) is 3.40. The van der Waals surface area contributed by atoms with Gasteiger partial charge in [0.15, 0.2) is 0 Å². The Morgan fingerprint density at radius 1 is 0.902 bits per heavy atom.